The molecule has 8 heteroatoms. The number of amides is 1. The van der Waals surface area contributed by atoms with E-state index in [1.807, 2.05) is 4.90 Å². The molecule has 2 heterocycles. The predicted octanol–water partition coefficient (Wildman–Crippen LogP) is 5.44. The first kappa shape index (κ1) is 21.1. The van der Waals surface area contributed by atoms with Crippen molar-refractivity contribution in [2.75, 3.05) is 18.8 Å². The molecule has 3 aromatic rings. The van der Waals surface area contributed by atoms with Gasteiger partial charge in [-0.3, -0.25) is 4.79 Å². The highest BCUT2D eigenvalue weighted by Gasteiger charge is 2.25. The van der Waals surface area contributed by atoms with Gasteiger partial charge in [0.1, 0.15) is 17.4 Å². The van der Waals surface area contributed by atoms with Crippen LogP contribution in [0, 0.1) is 18.6 Å². The van der Waals surface area contributed by atoms with Crippen molar-refractivity contribution in [3.8, 4) is 5.19 Å². The number of nitrogens with zero attached hydrogens (tertiary/aromatic N) is 2. The molecule has 0 aliphatic carbocycles. The Morgan fingerprint density at radius 3 is 2.70 bits per heavy atom. The molecule has 1 fully saturated rings. The SMILES string of the molecule is Cc1ccc(SCCC(=O)N2CCC(Oc3nc4c(F)cc(F)cc4s3)CC2)cc1. The maximum absolute atomic E-state index is 13.8. The van der Waals surface area contributed by atoms with Crippen LogP contribution in [0.5, 0.6) is 5.19 Å². The maximum atomic E-state index is 13.8. The lowest BCUT2D eigenvalue weighted by Gasteiger charge is -2.31. The number of halogens is 2. The Morgan fingerprint density at radius 1 is 1.23 bits per heavy atom. The highest BCUT2D eigenvalue weighted by atomic mass is 32.2. The van der Waals surface area contributed by atoms with Crippen LogP contribution in [0.15, 0.2) is 41.3 Å². The van der Waals surface area contributed by atoms with E-state index in [0.717, 1.165) is 23.2 Å². The van der Waals surface area contributed by atoms with E-state index < -0.39 is 11.6 Å². The van der Waals surface area contributed by atoms with Gasteiger partial charge in [-0.1, -0.05) is 29.0 Å². The van der Waals surface area contributed by atoms with E-state index in [2.05, 4.69) is 36.2 Å². The zero-order chi connectivity index (χ0) is 21.1. The molecule has 4 nitrogen and oxygen atoms in total. The molecule has 0 saturated carbocycles. The lowest BCUT2D eigenvalue weighted by atomic mass is 10.1. The van der Waals surface area contributed by atoms with E-state index in [0.29, 0.717) is 42.2 Å². The first-order valence-electron chi connectivity index (χ1n) is 9.87. The molecule has 0 radical (unpaired) electrons. The Morgan fingerprint density at radius 2 is 1.97 bits per heavy atom. The number of benzene rings is 2. The van der Waals surface area contributed by atoms with Gasteiger partial charge < -0.3 is 9.64 Å². The van der Waals surface area contributed by atoms with Crippen LogP contribution in [0.1, 0.15) is 24.8 Å². The number of hydrogen-bond donors (Lipinski definition) is 0. The molecule has 2 aromatic carbocycles. The number of hydrogen-bond acceptors (Lipinski definition) is 5. The Hall–Kier alpha value is -2.19. The Bertz CT molecular complexity index is 1030. The highest BCUT2D eigenvalue weighted by molar-refractivity contribution is 7.99. The summed E-state index contributed by atoms with van der Waals surface area (Å²) < 4.78 is 33.5. The second kappa shape index (κ2) is 9.31. The fraction of sp³-hybridized carbons (Fsp3) is 0.364. The quantitative estimate of drug-likeness (QED) is 0.471. The van der Waals surface area contributed by atoms with E-state index in [4.69, 9.17) is 4.74 Å². The van der Waals surface area contributed by atoms with Crippen molar-refractivity contribution in [2.24, 2.45) is 0 Å². The van der Waals surface area contributed by atoms with Crippen LogP contribution >= 0.6 is 23.1 Å². The minimum absolute atomic E-state index is 0.0792. The molecule has 1 amide bonds. The van der Waals surface area contributed by atoms with Crippen molar-refractivity contribution in [3.63, 3.8) is 0 Å². The monoisotopic (exact) mass is 448 g/mol. The van der Waals surface area contributed by atoms with Crippen LogP contribution < -0.4 is 4.74 Å². The Kier molecular flexibility index (Phi) is 6.53. The molecule has 4 rings (SSSR count). The van der Waals surface area contributed by atoms with Crippen molar-refractivity contribution in [2.45, 2.75) is 37.2 Å². The summed E-state index contributed by atoms with van der Waals surface area (Å²) in [5.74, 6) is -0.389. The normalized spacial score (nSPS) is 15.0. The van der Waals surface area contributed by atoms with Gasteiger partial charge in [0.05, 0.1) is 4.70 Å². The summed E-state index contributed by atoms with van der Waals surface area (Å²) in [6.07, 6.45) is 1.82. The topological polar surface area (TPSA) is 42.4 Å². The van der Waals surface area contributed by atoms with Crippen molar-refractivity contribution >= 4 is 39.2 Å². The summed E-state index contributed by atoms with van der Waals surface area (Å²) in [6, 6.07) is 10.4. The average Bonchev–Trinajstić information content (AvgIpc) is 3.12. The van der Waals surface area contributed by atoms with Crippen molar-refractivity contribution < 1.29 is 18.3 Å². The first-order valence-corrected chi connectivity index (χ1v) is 11.7. The summed E-state index contributed by atoms with van der Waals surface area (Å²) in [4.78, 5) is 19.7. The Balaban J connectivity index is 1.24. The minimum Gasteiger partial charge on any atom is -0.467 e. The summed E-state index contributed by atoms with van der Waals surface area (Å²) in [6.45, 7) is 3.32. The molecule has 1 saturated heterocycles. The predicted molar refractivity (Wildman–Crippen MR) is 116 cm³/mol. The zero-order valence-corrected chi connectivity index (χ0v) is 18.2. The fourth-order valence-corrected chi connectivity index (χ4v) is 5.16. The molecular formula is C22H22F2N2O2S2. The summed E-state index contributed by atoms with van der Waals surface area (Å²) >= 11 is 2.83. The molecule has 30 heavy (non-hydrogen) atoms. The molecule has 0 bridgehead atoms. The standard InChI is InChI=1S/C22H22F2N2O2S2/c1-14-2-4-17(5-3-14)29-11-8-20(27)26-9-6-16(7-10-26)28-22-25-21-18(24)12-15(23)13-19(21)30-22/h2-5,12-13,16H,6-11H2,1H3. The second-order valence-electron chi connectivity index (χ2n) is 7.32. The third kappa shape index (κ3) is 5.10. The number of thioether (sulfide) groups is 1. The van der Waals surface area contributed by atoms with Gasteiger partial charge >= 0.3 is 0 Å². The van der Waals surface area contributed by atoms with E-state index in [9.17, 15) is 13.6 Å². The van der Waals surface area contributed by atoms with E-state index >= 15 is 0 Å². The number of fused-ring (bicyclic) bond motifs is 1. The summed E-state index contributed by atoms with van der Waals surface area (Å²) in [5.41, 5.74) is 1.36. The molecule has 158 valence electrons. The summed E-state index contributed by atoms with van der Waals surface area (Å²) in [5, 5.41) is 0.341. The van der Waals surface area contributed by atoms with Crippen molar-refractivity contribution in [3.05, 3.63) is 53.6 Å². The van der Waals surface area contributed by atoms with Gasteiger partial charge in [0.2, 0.25) is 5.91 Å². The third-order valence-corrected chi connectivity index (χ3v) is 6.97. The van der Waals surface area contributed by atoms with Crippen LogP contribution in [-0.2, 0) is 4.79 Å². The molecule has 0 atom stereocenters. The second-order valence-corrected chi connectivity index (χ2v) is 9.49. The van der Waals surface area contributed by atoms with Gasteiger partial charge in [0, 0.05) is 49.1 Å². The number of thiazole rings is 1. The molecule has 1 aliphatic rings. The third-order valence-electron chi connectivity index (χ3n) is 5.06. The molecule has 1 aliphatic heterocycles. The molecule has 0 unspecified atom stereocenters. The van der Waals surface area contributed by atoms with Gasteiger partial charge in [0.15, 0.2) is 5.82 Å². The minimum atomic E-state index is -0.681. The zero-order valence-electron chi connectivity index (χ0n) is 16.6. The van der Waals surface area contributed by atoms with Crippen LogP contribution in [0.25, 0.3) is 10.2 Å². The fourth-order valence-electron chi connectivity index (χ4n) is 3.40. The van der Waals surface area contributed by atoms with Crippen LogP contribution in [0.2, 0.25) is 0 Å². The lowest BCUT2D eigenvalue weighted by molar-refractivity contribution is -0.132. The van der Waals surface area contributed by atoms with Gasteiger partial charge in [-0.25, -0.2) is 8.78 Å². The van der Waals surface area contributed by atoms with Crippen LogP contribution in [0.4, 0.5) is 8.78 Å². The molecule has 0 N–H and O–H groups in total. The van der Waals surface area contributed by atoms with Crippen LogP contribution in [0.3, 0.4) is 0 Å². The number of likely N-dealkylation sites (tertiary alicyclic amines) is 1. The number of piperidine rings is 1. The molecule has 1 aromatic heterocycles. The average molecular weight is 449 g/mol. The van der Waals surface area contributed by atoms with Crippen molar-refractivity contribution in [1.82, 2.24) is 9.88 Å². The van der Waals surface area contributed by atoms with Gasteiger partial charge in [-0.15, -0.1) is 11.8 Å². The number of rotatable bonds is 6. The Labute approximate surface area is 182 Å². The first-order chi connectivity index (χ1) is 14.5. The highest BCUT2D eigenvalue weighted by Crippen LogP contribution is 2.32. The largest absolute Gasteiger partial charge is 0.467 e. The smallest absolute Gasteiger partial charge is 0.274 e. The number of carbonyl (C=O) groups is 1. The van der Waals surface area contributed by atoms with E-state index in [-0.39, 0.29) is 17.5 Å². The van der Waals surface area contributed by atoms with E-state index in [1.54, 1.807) is 11.8 Å². The van der Waals surface area contributed by atoms with Crippen LogP contribution in [-0.4, -0.2) is 40.7 Å². The van der Waals surface area contributed by atoms with Gasteiger partial charge in [-0.2, -0.15) is 4.98 Å². The molecular weight excluding hydrogens is 426 g/mol. The van der Waals surface area contributed by atoms with Crippen molar-refractivity contribution in [1.29, 1.82) is 0 Å². The summed E-state index contributed by atoms with van der Waals surface area (Å²) in [7, 11) is 0. The number of ether oxygens (including phenoxy) is 1. The molecule has 0 spiro atoms. The lowest BCUT2D eigenvalue weighted by Crippen LogP contribution is -2.41. The van der Waals surface area contributed by atoms with Gasteiger partial charge in [-0.05, 0) is 25.1 Å². The van der Waals surface area contributed by atoms with E-state index in [1.165, 1.54) is 16.5 Å². The number of aromatic nitrogens is 1. The number of carbonyl (C=O) groups excluding carboxylic acids is 1. The number of aryl methyl sites for hydroxylation is 1. The van der Waals surface area contributed by atoms with Gasteiger partial charge in [0.25, 0.3) is 5.19 Å². The maximum Gasteiger partial charge on any atom is 0.274 e.